The fourth-order valence-corrected chi connectivity index (χ4v) is 3.94. The molecule has 0 radical (unpaired) electrons. The van der Waals surface area contributed by atoms with Crippen LogP contribution in [0.4, 0.5) is 28.1 Å². The first-order valence-electron chi connectivity index (χ1n) is 11.0. The summed E-state index contributed by atoms with van der Waals surface area (Å²) >= 11 is 0. The second-order valence-corrected chi connectivity index (χ2v) is 8.69. The highest BCUT2D eigenvalue weighted by atomic mass is 19.1. The average molecular weight is 456 g/mol. The molecule has 0 spiro atoms. The van der Waals surface area contributed by atoms with Crippen LogP contribution in [-0.4, -0.2) is 73.7 Å². The maximum absolute atomic E-state index is 13.2. The molecule has 3 N–H and O–H groups in total. The van der Waals surface area contributed by atoms with Crippen LogP contribution in [0, 0.1) is 18.7 Å². The Labute approximate surface area is 192 Å². The van der Waals surface area contributed by atoms with Crippen LogP contribution in [0.1, 0.15) is 37.3 Å². The summed E-state index contributed by atoms with van der Waals surface area (Å²) in [4.78, 5) is 26.4. The summed E-state index contributed by atoms with van der Waals surface area (Å²) in [6.07, 6.45) is 4.55. The molecule has 3 aromatic heterocycles. The lowest BCUT2D eigenvalue weighted by atomic mass is 9.98. The first-order valence-corrected chi connectivity index (χ1v) is 11.0. The molecule has 12 heteroatoms. The first kappa shape index (κ1) is 22.8. The van der Waals surface area contributed by atoms with Crippen LogP contribution in [0.5, 0.6) is 0 Å². The van der Waals surface area contributed by atoms with E-state index in [0.717, 1.165) is 44.1 Å². The number of aryl methyl sites for hydroxylation is 1. The van der Waals surface area contributed by atoms with Gasteiger partial charge in [0, 0.05) is 31.4 Å². The van der Waals surface area contributed by atoms with Gasteiger partial charge in [-0.05, 0) is 46.7 Å². The predicted molar refractivity (Wildman–Crippen MR) is 124 cm³/mol. The third kappa shape index (κ3) is 6.09. The number of H-pyrrole nitrogens is 1. The Morgan fingerprint density at radius 3 is 2.67 bits per heavy atom. The van der Waals surface area contributed by atoms with Gasteiger partial charge in [0.1, 0.15) is 5.82 Å². The predicted octanol–water partition coefficient (Wildman–Crippen LogP) is 2.53. The van der Waals surface area contributed by atoms with E-state index >= 15 is 0 Å². The number of piperidine rings is 1. The molecular weight excluding hydrogens is 425 g/mol. The minimum atomic E-state index is -0.480. The van der Waals surface area contributed by atoms with E-state index in [9.17, 15) is 4.39 Å². The molecule has 11 nitrogen and oxygen atoms in total. The molecule has 2 unspecified atom stereocenters. The highest BCUT2D eigenvalue weighted by molar-refractivity contribution is 5.52. The van der Waals surface area contributed by atoms with Gasteiger partial charge < -0.3 is 20.4 Å². The molecule has 1 aliphatic heterocycles. The minimum absolute atomic E-state index is 0.329. The number of anilines is 4. The molecule has 33 heavy (non-hydrogen) atoms. The van der Waals surface area contributed by atoms with Crippen molar-refractivity contribution < 1.29 is 4.39 Å². The third-order valence-corrected chi connectivity index (χ3v) is 5.37. The minimum Gasteiger partial charge on any atom is -0.344 e. The Morgan fingerprint density at radius 2 is 1.97 bits per heavy atom. The molecule has 0 amide bonds. The molecule has 176 valence electrons. The zero-order valence-corrected chi connectivity index (χ0v) is 19.4. The van der Waals surface area contributed by atoms with Crippen LogP contribution in [0.25, 0.3) is 0 Å². The summed E-state index contributed by atoms with van der Waals surface area (Å²) in [7, 11) is 4.19. The van der Waals surface area contributed by atoms with Crippen molar-refractivity contribution >= 4 is 23.7 Å². The molecule has 0 aliphatic carbocycles. The van der Waals surface area contributed by atoms with Gasteiger partial charge in [-0.1, -0.05) is 0 Å². The van der Waals surface area contributed by atoms with Gasteiger partial charge in [-0.25, -0.2) is 14.4 Å². The number of halogens is 1. The van der Waals surface area contributed by atoms with Gasteiger partial charge in [-0.15, -0.1) is 0 Å². The van der Waals surface area contributed by atoms with E-state index in [1.165, 1.54) is 6.42 Å². The molecule has 4 heterocycles. The second-order valence-electron chi connectivity index (χ2n) is 8.69. The van der Waals surface area contributed by atoms with Crippen LogP contribution in [0.3, 0.4) is 0 Å². The molecule has 1 saturated heterocycles. The number of aromatic nitrogens is 7. The quantitative estimate of drug-likeness (QED) is 0.467. The molecule has 0 saturated carbocycles. The van der Waals surface area contributed by atoms with Gasteiger partial charge in [0.2, 0.25) is 17.8 Å². The lowest BCUT2D eigenvalue weighted by Gasteiger charge is -2.34. The zero-order chi connectivity index (χ0) is 23.4. The Balaban J connectivity index is 1.59. The Kier molecular flexibility index (Phi) is 6.92. The van der Waals surface area contributed by atoms with E-state index < -0.39 is 5.82 Å². The van der Waals surface area contributed by atoms with Crippen molar-refractivity contribution in [2.24, 2.45) is 5.92 Å². The van der Waals surface area contributed by atoms with Crippen molar-refractivity contribution in [2.45, 2.75) is 32.7 Å². The number of hydrogen-bond acceptors (Lipinski definition) is 10. The van der Waals surface area contributed by atoms with Crippen molar-refractivity contribution in [1.82, 2.24) is 40.0 Å². The highest BCUT2D eigenvalue weighted by Crippen LogP contribution is 2.24. The molecule has 0 aromatic carbocycles. The number of hydrogen-bond donors (Lipinski definition) is 3. The van der Waals surface area contributed by atoms with E-state index in [4.69, 9.17) is 0 Å². The smallest absolute Gasteiger partial charge is 0.235 e. The van der Waals surface area contributed by atoms with Gasteiger partial charge in [-0.3, -0.25) is 5.10 Å². The fourth-order valence-electron chi connectivity index (χ4n) is 3.94. The maximum atomic E-state index is 13.2. The summed E-state index contributed by atoms with van der Waals surface area (Å²) in [5.41, 5.74) is 0.926. The van der Waals surface area contributed by atoms with Gasteiger partial charge in [-0.2, -0.15) is 20.1 Å². The Morgan fingerprint density at radius 1 is 1.21 bits per heavy atom. The third-order valence-electron chi connectivity index (χ3n) is 5.37. The standard InChI is InChI=1S/C21H30FN11/c1-13-8-17(31-30-13)26-20-27-19(25-14(2)18-23-9-16(22)10-24-18)28-21(29-20)33-7-5-6-15(12-33)11-32(3)4/h8-10,14-15H,5-7,11-12H2,1-4H3,(H3,25,26,27,28,29,30,31). The molecular formula is C21H30FN11. The van der Waals surface area contributed by atoms with E-state index in [1.54, 1.807) is 0 Å². The van der Waals surface area contributed by atoms with E-state index in [-0.39, 0.29) is 6.04 Å². The number of nitrogens with zero attached hydrogens (tertiary/aromatic N) is 8. The van der Waals surface area contributed by atoms with Crippen LogP contribution in [0.2, 0.25) is 0 Å². The second kappa shape index (κ2) is 10.0. The molecule has 3 aromatic rings. The molecule has 4 rings (SSSR count). The number of nitrogens with one attached hydrogen (secondary N) is 3. The van der Waals surface area contributed by atoms with Crippen molar-refractivity contribution in [3.63, 3.8) is 0 Å². The monoisotopic (exact) mass is 455 g/mol. The molecule has 1 aliphatic rings. The van der Waals surface area contributed by atoms with Gasteiger partial charge in [0.25, 0.3) is 0 Å². The molecule has 0 bridgehead atoms. The average Bonchev–Trinajstić information content (AvgIpc) is 3.18. The number of rotatable bonds is 8. The largest absolute Gasteiger partial charge is 0.344 e. The lowest BCUT2D eigenvalue weighted by Crippen LogP contribution is -2.40. The van der Waals surface area contributed by atoms with Crippen LogP contribution >= 0.6 is 0 Å². The topological polar surface area (TPSA) is 124 Å². The first-order chi connectivity index (χ1) is 15.9. The summed E-state index contributed by atoms with van der Waals surface area (Å²) < 4.78 is 13.2. The van der Waals surface area contributed by atoms with Crippen LogP contribution in [0.15, 0.2) is 18.5 Å². The van der Waals surface area contributed by atoms with E-state index in [0.29, 0.717) is 35.4 Å². The van der Waals surface area contributed by atoms with Gasteiger partial charge in [0.05, 0.1) is 18.4 Å². The van der Waals surface area contributed by atoms with Crippen molar-refractivity contribution in [1.29, 1.82) is 0 Å². The van der Waals surface area contributed by atoms with E-state index in [2.05, 4.69) is 69.6 Å². The molecule has 2 atom stereocenters. The maximum Gasteiger partial charge on any atom is 0.235 e. The Bertz CT molecular complexity index is 1050. The normalized spacial score (nSPS) is 17.3. The van der Waals surface area contributed by atoms with Crippen LogP contribution < -0.4 is 15.5 Å². The summed E-state index contributed by atoms with van der Waals surface area (Å²) in [5.74, 6) is 2.48. The summed E-state index contributed by atoms with van der Waals surface area (Å²) in [6.45, 7) is 6.56. The Hall–Kier alpha value is -3.41. The van der Waals surface area contributed by atoms with Gasteiger partial charge in [0.15, 0.2) is 11.6 Å². The van der Waals surface area contributed by atoms with Gasteiger partial charge >= 0.3 is 0 Å². The highest BCUT2D eigenvalue weighted by Gasteiger charge is 2.24. The molecule has 1 fully saturated rings. The fraction of sp³-hybridized carbons (Fsp3) is 0.524. The van der Waals surface area contributed by atoms with Crippen molar-refractivity contribution in [2.75, 3.05) is 49.3 Å². The van der Waals surface area contributed by atoms with Crippen molar-refractivity contribution in [3.8, 4) is 0 Å². The van der Waals surface area contributed by atoms with E-state index in [1.807, 2.05) is 19.9 Å². The van der Waals surface area contributed by atoms with Crippen LogP contribution in [-0.2, 0) is 0 Å². The summed E-state index contributed by atoms with van der Waals surface area (Å²) in [6, 6.07) is 1.55. The van der Waals surface area contributed by atoms with Crippen molar-refractivity contribution in [3.05, 3.63) is 35.8 Å². The summed E-state index contributed by atoms with van der Waals surface area (Å²) in [5, 5.41) is 13.5. The zero-order valence-electron chi connectivity index (χ0n) is 19.4. The lowest BCUT2D eigenvalue weighted by molar-refractivity contribution is 0.291. The number of aromatic amines is 1. The SMILES string of the molecule is Cc1cc(Nc2nc(NC(C)c3ncc(F)cn3)nc(N3CCCC(CN(C)C)C3)n2)n[nH]1.